The van der Waals surface area contributed by atoms with Crippen LogP contribution in [0.15, 0.2) is 67.0 Å². The second kappa shape index (κ2) is 13.7. The molecule has 0 radical (unpaired) electrons. The minimum Gasteiger partial charge on any atom is -0.493 e. The van der Waals surface area contributed by atoms with Gasteiger partial charge in [-0.3, -0.25) is 9.97 Å². The molecule has 8 rings (SSSR count). The van der Waals surface area contributed by atoms with Crippen LogP contribution in [0.4, 0.5) is 5.69 Å². The fraction of sp³-hybridized carbons (Fsp3) is 0.349. The highest BCUT2D eigenvalue weighted by Crippen LogP contribution is 2.47. The van der Waals surface area contributed by atoms with Crippen molar-refractivity contribution in [2.75, 3.05) is 12.3 Å². The number of carbonyl (C=O) groups is 1. The summed E-state index contributed by atoms with van der Waals surface area (Å²) in [4.78, 5) is 27.8. The first-order valence-electron chi connectivity index (χ1n) is 18.4. The van der Waals surface area contributed by atoms with Crippen LogP contribution < -0.4 is 15.2 Å². The van der Waals surface area contributed by atoms with Crippen molar-refractivity contribution in [2.45, 2.75) is 90.4 Å². The Morgan fingerprint density at radius 2 is 1.83 bits per heavy atom. The summed E-state index contributed by atoms with van der Waals surface area (Å²) in [7, 11) is 0. The summed E-state index contributed by atoms with van der Waals surface area (Å²) < 4.78 is 20.2. The first-order chi connectivity index (χ1) is 25.4. The van der Waals surface area contributed by atoms with Crippen LogP contribution in [-0.2, 0) is 9.53 Å². The molecule has 272 valence electrons. The van der Waals surface area contributed by atoms with Gasteiger partial charge in [0.05, 0.1) is 45.3 Å². The molecule has 6 aromatic rings. The fourth-order valence-corrected chi connectivity index (χ4v) is 8.88. The molecule has 9 nitrogen and oxygen atoms in total. The van der Waals surface area contributed by atoms with E-state index in [0.717, 1.165) is 109 Å². The second-order valence-corrected chi connectivity index (χ2v) is 16.3. The van der Waals surface area contributed by atoms with Crippen LogP contribution in [0.25, 0.3) is 54.1 Å². The molecule has 6 bridgehead atoms. The van der Waals surface area contributed by atoms with Crippen molar-refractivity contribution < 1.29 is 24.1 Å². The summed E-state index contributed by atoms with van der Waals surface area (Å²) in [6, 6.07) is 18.0. The number of carboxylic acids is 1. The summed E-state index contributed by atoms with van der Waals surface area (Å²) in [6.07, 6.45) is 7.24. The molecule has 1 unspecified atom stereocenters. The number of aliphatic carboxylic acids is 1. The maximum Gasteiger partial charge on any atom is 0.337 e. The monoisotopic (exact) mass is 728 g/mol. The number of nitrogens with zero attached hydrogens (tertiary/aromatic N) is 3. The summed E-state index contributed by atoms with van der Waals surface area (Å²) in [6.45, 7) is 10.4. The number of hydrogen-bond acceptors (Lipinski definition) is 9. The largest absolute Gasteiger partial charge is 0.493 e. The molecule has 0 aliphatic carbocycles. The van der Waals surface area contributed by atoms with Gasteiger partial charge in [-0.05, 0) is 131 Å². The lowest BCUT2D eigenvalue weighted by atomic mass is 9.85. The van der Waals surface area contributed by atoms with E-state index in [1.807, 2.05) is 76.4 Å². The Labute approximate surface area is 313 Å². The maximum absolute atomic E-state index is 13.0. The number of carboxylic acid groups (broad SMARTS) is 1. The number of pyridine rings is 2. The zero-order chi connectivity index (χ0) is 37.0. The van der Waals surface area contributed by atoms with E-state index >= 15 is 0 Å². The number of aryl methyl sites for hydroxylation is 1. The van der Waals surface area contributed by atoms with Crippen LogP contribution in [-0.4, -0.2) is 44.3 Å². The number of fused-ring (bicyclic) bond motifs is 10. The number of hydrogen-bond donors (Lipinski definition) is 2. The lowest BCUT2D eigenvalue weighted by Crippen LogP contribution is -2.28. The predicted molar refractivity (Wildman–Crippen MR) is 211 cm³/mol. The standard InChI is InChI=1S/C43H44N4O5S/c1-23-18-34-40-37(36(23)39(42(48)49)52-43(3,4)5)26-10-13-35-30(19-26)25(15-17-50-35)9-7-6-8-24(2)51-38-29-12-11-28(44)21-33(29)46-22-31(38)32-20-27(14-16-45-32)41(47-34)53-40/h10-14,16,18-22,24-25,39H,6-9,15,17,44H2,1-5H3,(H,48,49)/t24-,25?,39-/m0/s1. The zero-order valence-electron chi connectivity index (χ0n) is 30.7. The van der Waals surface area contributed by atoms with E-state index in [0.29, 0.717) is 23.8 Å². The van der Waals surface area contributed by atoms with Gasteiger partial charge >= 0.3 is 5.97 Å². The minimum atomic E-state index is -1.19. The third-order valence-corrected chi connectivity index (χ3v) is 11.3. The number of rotatable bonds is 3. The topological polar surface area (TPSA) is 130 Å². The van der Waals surface area contributed by atoms with E-state index in [2.05, 4.69) is 19.1 Å². The molecular weight excluding hydrogens is 685 g/mol. The molecule has 2 aliphatic rings. The van der Waals surface area contributed by atoms with Crippen molar-refractivity contribution in [1.29, 1.82) is 0 Å². The average Bonchev–Trinajstić information content (AvgIpc) is 3.55. The Morgan fingerprint density at radius 3 is 2.64 bits per heavy atom. The zero-order valence-corrected chi connectivity index (χ0v) is 31.5. The van der Waals surface area contributed by atoms with Gasteiger partial charge in [0.1, 0.15) is 16.5 Å². The van der Waals surface area contributed by atoms with Crippen LogP contribution >= 0.6 is 11.3 Å². The molecule has 0 fully saturated rings. The van der Waals surface area contributed by atoms with Crippen molar-refractivity contribution >= 4 is 44.1 Å². The maximum atomic E-state index is 13.0. The van der Waals surface area contributed by atoms with E-state index in [1.165, 1.54) is 0 Å². The Bertz CT molecular complexity index is 2380. The van der Waals surface area contributed by atoms with E-state index in [9.17, 15) is 9.90 Å². The Hall–Kier alpha value is -5.06. The van der Waals surface area contributed by atoms with E-state index in [-0.39, 0.29) is 6.10 Å². The van der Waals surface area contributed by atoms with Crippen molar-refractivity contribution in [1.82, 2.24) is 15.0 Å². The van der Waals surface area contributed by atoms with Gasteiger partial charge in [0, 0.05) is 40.2 Å². The molecule has 5 heterocycles. The number of aromatic nitrogens is 3. The third-order valence-electron chi connectivity index (χ3n) is 10.2. The minimum absolute atomic E-state index is 0.0451. The van der Waals surface area contributed by atoms with Gasteiger partial charge < -0.3 is 25.1 Å². The molecular formula is C43H44N4O5S. The van der Waals surface area contributed by atoms with Gasteiger partial charge in [-0.1, -0.05) is 12.5 Å². The molecule has 0 spiro atoms. The number of nitrogens with two attached hydrogens (primary N) is 1. The Kier molecular flexibility index (Phi) is 9.07. The first kappa shape index (κ1) is 35.0. The van der Waals surface area contributed by atoms with Crippen molar-refractivity contribution in [3.8, 4) is 44.5 Å². The summed E-state index contributed by atoms with van der Waals surface area (Å²) in [5.74, 6) is 0.912. The van der Waals surface area contributed by atoms with Crippen LogP contribution in [0.1, 0.15) is 88.5 Å². The molecule has 3 N–H and O–H groups in total. The molecule has 0 amide bonds. The van der Waals surface area contributed by atoms with Gasteiger partial charge in [0.25, 0.3) is 0 Å². The van der Waals surface area contributed by atoms with Crippen molar-refractivity contribution in [3.05, 3.63) is 83.7 Å². The Morgan fingerprint density at radius 1 is 1.00 bits per heavy atom. The quantitative estimate of drug-likeness (QED) is 0.171. The van der Waals surface area contributed by atoms with Crippen LogP contribution in [0, 0.1) is 6.92 Å². The molecule has 0 saturated heterocycles. The second-order valence-electron chi connectivity index (χ2n) is 15.3. The van der Waals surface area contributed by atoms with E-state index in [1.54, 1.807) is 17.5 Å². The fourth-order valence-electron chi connectivity index (χ4n) is 7.75. The molecule has 53 heavy (non-hydrogen) atoms. The SMILES string of the molecule is Cc1cc2nc3sc2c(c1[C@H](OC(C)(C)C)C(=O)O)-c1ccc2c(c1)C(CCCC[C@H](C)Oc1c(cnc4cc(N)ccc14)-c1cc-3ccn1)CCO2. The number of benzene rings is 3. The van der Waals surface area contributed by atoms with Gasteiger partial charge in [0.15, 0.2) is 6.10 Å². The van der Waals surface area contributed by atoms with Gasteiger partial charge in [-0.2, -0.15) is 0 Å². The van der Waals surface area contributed by atoms with Crippen LogP contribution in [0.5, 0.6) is 11.5 Å². The van der Waals surface area contributed by atoms with E-state index in [4.69, 9.17) is 34.9 Å². The normalized spacial score (nSPS) is 18.0. The van der Waals surface area contributed by atoms with Crippen LogP contribution in [0.2, 0.25) is 0 Å². The lowest BCUT2D eigenvalue weighted by molar-refractivity contribution is -0.160. The molecule has 3 aromatic heterocycles. The Balaban J connectivity index is 1.37. The van der Waals surface area contributed by atoms with Crippen LogP contribution in [0.3, 0.4) is 0 Å². The molecule has 10 heteroatoms. The highest BCUT2D eigenvalue weighted by molar-refractivity contribution is 7.22. The summed E-state index contributed by atoms with van der Waals surface area (Å²) in [5.41, 5.74) is 14.4. The number of thiazole rings is 1. The summed E-state index contributed by atoms with van der Waals surface area (Å²) >= 11 is 1.54. The smallest absolute Gasteiger partial charge is 0.337 e. The average molecular weight is 729 g/mol. The van der Waals surface area contributed by atoms with Crippen molar-refractivity contribution in [3.63, 3.8) is 0 Å². The molecule has 3 atom stereocenters. The van der Waals surface area contributed by atoms with Gasteiger partial charge in [-0.15, -0.1) is 11.3 Å². The number of anilines is 1. The lowest BCUT2D eigenvalue weighted by Gasteiger charge is -2.29. The molecule has 0 saturated carbocycles. The predicted octanol–water partition coefficient (Wildman–Crippen LogP) is 10.3. The van der Waals surface area contributed by atoms with E-state index < -0.39 is 17.7 Å². The summed E-state index contributed by atoms with van der Waals surface area (Å²) in [5, 5.41) is 12.3. The highest BCUT2D eigenvalue weighted by Gasteiger charge is 2.33. The highest BCUT2D eigenvalue weighted by atomic mass is 32.1. The third kappa shape index (κ3) is 6.82. The van der Waals surface area contributed by atoms with Gasteiger partial charge in [0.2, 0.25) is 0 Å². The first-order valence-corrected chi connectivity index (χ1v) is 19.2. The molecule has 3 aromatic carbocycles. The van der Waals surface area contributed by atoms with Crippen molar-refractivity contribution in [2.24, 2.45) is 0 Å². The number of nitrogen functional groups attached to an aromatic ring is 1. The number of ether oxygens (including phenoxy) is 3. The van der Waals surface area contributed by atoms with Gasteiger partial charge in [-0.25, -0.2) is 9.78 Å². The molecule has 2 aliphatic heterocycles.